The minimum absolute atomic E-state index is 0.695. The van der Waals surface area contributed by atoms with Gasteiger partial charge in [-0.1, -0.05) is 29.4 Å². The van der Waals surface area contributed by atoms with E-state index in [1.54, 1.807) is 37.5 Å². The van der Waals surface area contributed by atoms with Crippen LogP contribution in [0.2, 0.25) is 5.02 Å². The highest BCUT2D eigenvalue weighted by Gasteiger charge is 2.06. The molecule has 0 unspecified atom stereocenters. The molecular formula is C14H16ClN3OS. The van der Waals surface area contributed by atoms with Crippen LogP contribution >= 0.6 is 23.4 Å². The molecule has 0 saturated carbocycles. The van der Waals surface area contributed by atoms with E-state index in [-0.39, 0.29) is 0 Å². The van der Waals surface area contributed by atoms with E-state index in [0.29, 0.717) is 6.61 Å². The molecule has 0 atom stereocenters. The second kappa shape index (κ2) is 8.21. The Morgan fingerprint density at radius 3 is 3.00 bits per heavy atom. The lowest BCUT2D eigenvalue weighted by Crippen LogP contribution is -2.18. The molecule has 20 heavy (non-hydrogen) atoms. The number of rotatable bonds is 7. The lowest BCUT2D eigenvalue weighted by atomic mass is 10.2. The summed E-state index contributed by atoms with van der Waals surface area (Å²) in [6, 6.07) is 5.88. The smallest absolute Gasteiger partial charge is 0.119 e. The molecule has 1 aromatic carbocycles. The molecule has 106 valence electrons. The Balaban J connectivity index is 2.07. The van der Waals surface area contributed by atoms with Gasteiger partial charge in [0.05, 0.1) is 12.8 Å². The second-order valence-corrected chi connectivity index (χ2v) is 5.57. The van der Waals surface area contributed by atoms with Crippen LogP contribution in [0.25, 0.3) is 0 Å². The topological polar surface area (TPSA) is 47.0 Å². The van der Waals surface area contributed by atoms with E-state index in [2.05, 4.69) is 15.3 Å². The van der Waals surface area contributed by atoms with Gasteiger partial charge in [-0.15, -0.1) is 0 Å². The highest BCUT2D eigenvalue weighted by molar-refractivity contribution is 7.99. The van der Waals surface area contributed by atoms with Gasteiger partial charge in [-0.05, 0) is 17.7 Å². The van der Waals surface area contributed by atoms with Crippen molar-refractivity contribution in [2.75, 3.05) is 20.3 Å². The Hall–Kier alpha value is -1.14. The number of hydrogen-bond acceptors (Lipinski definition) is 5. The maximum absolute atomic E-state index is 6.08. The van der Waals surface area contributed by atoms with Crippen LogP contribution in [0.4, 0.5) is 0 Å². The van der Waals surface area contributed by atoms with Crippen molar-refractivity contribution in [2.45, 2.75) is 16.5 Å². The quantitative estimate of drug-likeness (QED) is 0.797. The van der Waals surface area contributed by atoms with E-state index in [0.717, 1.165) is 28.0 Å². The zero-order chi connectivity index (χ0) is 14.2. The second-order valence-electron chi connectivity index (χ2n) is 4.07. The Kier molecular flexibility index (Phi) is 6.26. The van der Waals surface area contributed by atoms with E-state index >= 15 is 0 Å². The van der Waals surface area contributed by atoms with Crippen molar-refractivity contribution < 1.29 is 4.74 Å². The largest absolute Gasteiger partial charge is 0.383 e. The molecule has 2 rings (SSSR count). The number of aromatic nitrogens is 2. The molecule has 0 saturated heterocycles. The minimum atomic E-state index is 0.695. The maximum Gasteiger partial charge on any atom is 0.119 e. The SMILES string of the molecule is COCCNCc1ccc(Cl)cc1Sc1cnccn1. The summed E-state index contributed by atoms with van der Waals surface area (Å²) in [5.74, 6) is 0. The van der Waals surface area contributed by atoms with Crippen LogP contribution < -0.4 is 5.32 Å². The third-order valence-corrected chi connectivity index (χ3v) is 3.84. The van der Waals surface area contributed by atoms with Crippen molar-refractivity contribution in [3.63, 3.8) is 0 Å². The van der Waals surface area contributed by atoms with Crippen LogP contribution in [0.1, 0.15) is 5.56 Å². The number of benzene rings is 1. The van der Waals surface area contributed by atoms with Crippen LogP contribution in [0.15, 0.2) is 46.7 Å². The maximum atomic E-state index is 6.08. The summed E-state index contributed by atoms with van der Waals surface area (Å²) in [4.78, 5) is 9.43. The zero-order valence-electron chi connectivity index (χ0n) is 11.2. The van der Waals surface area contributed by atoms with E-state index in [1.807, 2.05) is 18.2 Å². The predicted molar refractivity (Wildman–Crippen MR) is 81.2 cm³/mol. The van der Waals surface area contributed by atoms with Crippen molar-refractivity contribution in [1.29, 1.82) is 0 Å². The summed E-state index contributed by atoms with van der Waals surface area (Å²) in [6.07, 6.45) is 5.09. The number of methoxy groups -OCH3 is 1. The summed E-state index contributed by atoms with van der Waals surface area (Å²) in [7, 11) is 1.69. The molecule has 0 aliphatic rings. The van der Waals surface area contributed by atoms with Crippen molar-refractivity contribution in [3.8, 4) is 0 Å². The van der Waals surface area contributed by atoms with Gasteiger partial charge in [0, 0.05) is 42.5 Å². The van der Waals surface area contributed by atoms with E-state index in [4.69, 9.17) is 16.3 Å². The first-order chi connectivity index (χ1) is 9.79. The fourth-order valence-corrected chi connectivity index (χ4v) is 2.76. The van der Waals surface area contributed by atoms with Crippen molar-refractivity contribution in [2.24, 2.45) is 0 Å². The molecule has 0 spiro atoms. The monoisotopic (exact) mass is 309 g/mol. The van der Waals surface area contributed by atoms with Gasteiger partial charge >= 0.3 is 0 Å². The Bertz CT molecular complexity index is 539. The van der Waals surface area contributed by atoms with Crippen molar-refractivity contribution in [3.05, 3.63) is 47.4 Å². The summed E-state index contributed by atoms with van der Waals surface area (Å²) in [5, 5.41) is 4.90. The highest BCUT2D eigenvalue weighted by Crippen LogP contribution is 2.30. The normalized spacial score (nSPS) is 10.7. The Labute approximate surface area is 127 Å². The number of hydrogen-bond donors (Lipinski definition) is 1. The standard InChI is InChI=1S/C14H16ClN3OS/c1-19-7-6-17-9-11-2-3-12(15)8-13(11)20-14-10-16-4-5-18-14/h2-5,8,10,17H,6-7,9H2,1H3. The molecule has 6 heteroatoms. The molecule has 1 heterocycles. The van der Waals surface area contributed by atoms with Crippen LogP contribution in [0.3, 0.4) is 0 Å². The molecule has 0 radical (unpaired) electrons. The molecule has 0 aliphatic carbocycles. The van der Waals surface area contributed by atoms with Gasteiger partial charge in [0.15, 0.2) is 0 Å². The first-order valence-corrected chi connectivity index (χ1v) is 7.41. The van der Waals surface area contributed by atoms with Gasteiger partial charge in [0.1, 0.15) is 5.03 Å². The molecular weight excluding hydrogens is 294 g/mol. The molecule has 0 fully saturated rings. The average Bonchev–Trinajstić information content (AvgIpc) is 2.47. The van der Waals surface area contributed by atoms with E-state index in [9.17, 15) is 0 Å². The molecule has 0 amide bonds. The summed E-state index contributed by atoms with van der Waals surface area (Å²) in [5.41, 5.74) is 1.18. The molecule has 4 nitrogen and oxygen atoms in total. The van der Waals surface area contributed by atoms with Gasteiger partial charge in [0.2, 0.25) is 0 Å². The fourth-order valence-electron chi connectivity index (χ4n) is 1.62. The van der Waals surface area contributed by atoms with Crippen molar-refractivity contribution in [1.82, 2.24) is 15.3 Å². The van der Waals surface area contributed by atoms with Gasteiger partial charge in [-0.3, -0.25) is 4.98 Å². The number of halogens is 1. The Morgan fingerprint density at radius 1 is 1.35 bits per heavy atom. The fraction of sp³-hybridized carbons (Fsp3) is 0.286. The molecule has 1 N–H and O–H groups in total. The van der Waals surface area contributed by atoms with E-state index in [1.165, 1.54) is 5.56 Å². The van der Waals surface area contributed by atoms with Gasteiger partial charge in [-0.2, -0.15) is 0 Å². The molecule has 0 aliphatic heterocycles. The molecule has 1 aromatic heterocycles. The van der Waals surface area contributed by atoms with E-state index < -0.39 is 0 Å². The predicted octanol–water partition coefficient (Wildman–Crippen LogP) is 3.02. The van der Waals surface area contributed by atoms with Crippen LogP contribution in [0.5, 0.6) is 0 Å². The van der Waals surface area contributed by atoms with Gasteiger partial charge in [-0.25, -0.2) is 4.98 Å². The zero-order valence-corrected chi connectivity index (χ0v) is 12.7. The lowest BCUT2D eigenvalue weighted by molar-refractivity contribution is 0.199. The lowest BCUT2D eigenvalue weighted by Gasteiger charge is -2.10. The Morgan fingerprint density at radius 2 is 2.25 bits per heavy atom. The first-order valence-electron chi connectivity index (χ1n) is 6.21. The van der Waals surface area contributed by atoms with Crippen molar-refractivity contribution >= 4 is 23.4 Å². The highest BCUT2D eigenvalue weighted by atomic mass is 35.5. The summed E-state index contributed by atoms with van der Waals surface area (Å²) < 4.78 is 5.02. The number of nitrogens with one attached hydrogen (secondary N) is 1. The summed E-state index contributed by atoms with van der Waals surface area (Å²) >= 11 is 7.64. The van der Waals surface area contributed by atoms with Gasteiger partial charge in [0.25, 0.3) is 0 Å². The minimum Gasteiger partial charge on any atom is -0.383 e. The summed E-state index contributed by atoms with van der Waals surface area (Å²) in [6.45, 7) is 2.28. The molecule has 0 bridgehead atoms. The van der Waals surface area contributed by atoms with Gasteiger partial charge < -0.3 is 10.1 Å². The van der Waals surface area contributed by atoms with Crippen LogP contribution in [-0.2, 0) is 11.3 Å². The first kappa shape index (κ1) is 15.3. The molecule has 2 aromatic rings. The third kappa shape index (κ3) is 4.76. The number of nitrogens with zero attached hydrogens (tertiary/aromatic N) is 2. The average molecular weight is 310 g/mol. The third-order valence-electron chi connectivity index (χ3n) is 2.58. The number of ether oxygens (including phenoxy) is 1. The van der Waals surface area contributed by atoms with Crippen LogP contribution in [0, 0.1) is 0 Å². The van der Waals surface area contributed by atoms with Crippen LogP contribution in [-0.4, -0.2) is 30.2 Å².